The molecule has 0 bridgehead atoms. The number of carbonyl (C=O) groups is 3. The lowest BCUT2D eigenvalue weighted by Gasteiger charge is -2.33. The zero-order valence-corrected chi connectivity index (χ0v) is 18.6. The minimum atomic E-state index is -3.69. The number of urea groups is 1. The van der Waals surface area contributed by atoms with E-state index < -0.39 is 40.1 Å². The number of nitrogens with zero attached hydrogens (tertiary/aromatic N) is 1. The molecule has 10 heteroatoms. The molecule has 2 N–H and O–H groups in total. The van der Waals surface area contributed by atoms with Crippen LogP contribution < -0.4 is 10.6 Å². The highest BCUT2D eigenvalue weighted by molar-refractivity contribution is 7.88. The molecule has 1 saturated carbocycles. The Morgan fingerprint density at radius 2 is 1.74 bits per heavy atom. The standard InChI is InChI=1S/C21H29N3O6S/c1-14(19(25)23-21(27)22-17-10-4-3-5-11-17)30-20(26)18-12-15-8-6-7-9-16(15)13-24(18)31(2,28)29/h6-9,14,17-18H,3-5,10-13H2,1-2H3,(H2,22,23,25,27)/t14-,18-/m1/s1. The minimum Gasteiger partial charge on any atom is -0.451 e. The van der Waals surface area contributed by atoms with Crippen LogP contribution in [0.4, 0.5) is 4.79 Å². The molecule has 1 aliphatic heterocycles. The van der Waals surface area contributed by atoms with Gasteiger partial charge in [0, 0.05) is 19.0 Å². The average molecular weight is 452 g/mol. The third kappa shape index (κ3) is 6.04. The van der Waals surface area contributed by atoms with E-state index in [1.54, 1.807) is 0 Å². The van der Waals surface area contributed by atoms with Crippen molar-refractivity contribution in [3.63, 3.8) is 0 Å². The third-order valence-corrected chi connectivity index (χ3v) is 6.98. The summed E-state index contributed by atoms with van der Waals surface area (Å²) >= 11 is 0. The fourth-order valence-electron chi connectivity index (χ4n) is 4.04. The van der Waals surface area contributed by atoms with Crippen molar-refractivity contribution >= 4 is 27.9 Å². The molecule has 170 valence electrons. The van der Waals surface area contributed by atoms with Crippen molar-refractivity contribution in [2.45, 2.75) is 70.2 Å². The molecular formula is C21H29N3O6S. The Labute approximate surface area is 182 Å². The SMILES string of the molecule is C[C@@H](OC(=O)[C@H]1Cc2ccccc2CN1S(C)(=O)=O)C(=O)NC(=O)NC1CCCCC1. The number of carbonyl (C=O) groups excluding carboxylic acids is 3. The molecule has 1 fully saturated rings. The maximum Gasteiger partial charge on any atom is 0.325 e. The Bertz CT molecular complexity index is 942. The van der Waals surface area contributed by atoms with Crippen molar-refractivity contribution < 1.29 is 27.5 Å². The number of hydrogen-bond donors (Lipinski definition) is 2. The van der Waals surface area contributed by atoms with Gasteiger partial charge in [0.15, 0.2) is 6.10 Å². The van der Waals surface area contributed by atoms with E-state index in [4.69, 9.17) is 4.74 Å². The number of rotatable bonds is 5. The molecule has 9 nitrogen and oxygen atoms in total. The normalized spacial score (nSPS) is 20.9. The van der Waals surface area contributed by atoms with Crippen molar-refractivity contribution in [2.75, 3.05) is 6.26 Å². The lowest BCUT2D eigenvalue weighted by Crippen LogP contribution is -2.51. The Hall–Kier alpha value is -2.46. The molecule has 0 spiro atoms. The average Bonchev–Trinajstić information content (AvgIpc) is 2.72. The Balaban J connectivity index is 1.60. The molecule has 3 amide bonds. The largest absolute Gasteiger partial charge is 0.451 e. The number of esters is 1. The second-order valence-corrected chi connectivity index (χ2v) is 10.1. The van der Waals surface area contributed by atoms with Crippen LogP contribution in [0.5, 0.6) is 0 Å². The smallest absolute Gasteiger partial charge is 0.325 e. The van der Waals surface area contributed by atoms with E-state index in [0.29, 0.717) is 0 Å². The molecule has 0 aromatic heterocycles. The number of benzene rings is 1. The molecule has 1 heterocycles. The number of amides is 3. The van der Waals surface area contributed by atoms with Crippen LogP contribution in [0.3, 0.4) is 0 Å². The summed E-state index contributed by atoms with van der Waals surface area (Å²) in [6.07, 6.45) is 4.89. The van der Waals surface area contributed by atoms with E-state index >= 15 is 0 Å². The summed E-state index contributed by atoms with van der Waals surface area (Å²) in [5.41, 5.74) is 1.68. The van der Waals surface area contributed by atoms with E-state index in [9.17, 15) is 22.8 Å². The number of hydrogen-bond acceptors (Lipinski definition) is 6. The van der Waals surface area contributed by atoms with Crippen molar-refractivity contribution in [1.82, 2.24) is 14.9 Å². The molecule has 0 saturated heterocycles. The first-order valence-electron chi connectivity index (χ1n) is 10.5. The number of fused-ring (bicyclic) bond motifs is 1. The van der Waals surface area contributed by atoms with Crippen LogP contribution in [-0.4, -0.2) is 55.1 Å². The third-order valence-electron chi connectivity index (χ3n) is 5.74. The van der Waals surface area contributed by atoms with Gasteiger partial charge in [-0.05, 0) is 30.9 Å². The van der Waals surface area contributed by atoms with Gasteiger partial charge in [-0.3, -0.25) is 14.9 Å². The van der Waals surface area contributed by atoms with Crippen LogP contribution in [0, 0.1) is 0 Å². The molecule has 2 atom stereocenters. The van der Waals surface area contributed by atoms with E-state index in [2.05, 4.69) is 10.6 Å². The molecule has 0 unspecified atom stereocenters. The van der Waals surface area contributed by atoms with Gasteiger partial charge in [0.1, 0.15) is 6.04 Å². The predicted molar refractivity (Wildman–Crippen MR) is 113 cm³/mol. The molecule has 2 aliphatic rings. The Morgan fingerprint density at radius 1 is 1.10 bits per heavy atom. The Morgan fingerprint density at radius 3 is 2.39 bits per heavy atom. The van der Waals surface area contributed by atoms with Crippen LogP contribution in [-0.2, 0) is 37.3 Å². The fraction of sp³-hybridized carbons (Fsp3) is 0.571. The summed E-state index contributed by atoms with van der Waals surface area (Å²) in [7, 11) is -3.69. The molecule has 1 aromatic rings. The Kier molecular flexibility index (Phi) is 7.32. The number of sulfonamides is 1. The first-order chi connectivity index (χ1) is 14.6. The van der Waals surface area contributed by atoms with Gasteiger partial charge < -0.3 is 10.1 Å². The topological polar surface area (TPSA) is 122 Å². The van der Waals surface area contributed by atoms with Crippen LogP contribution >= 0.6 is 0 Å². The lowest BCUT2D eigenvalue weighted by molar-refractivity contribution is -0.158. The van der Waals surface area contributed by atoms with Gasteiger partial charge in [0.25, 0.3) is 5.91 Å². The summed E-state index contributed by atoms with van der Waals surface area (Å²) in [6, 6.07) is 5.61. The monoisotopic (exact) mass is 451 g/mol. The highest BCUT2D eigenvalue weighted by Crippen LogP contribution is 2.26. The van der Waals surface area contributed by atoms with E-state index in [-0.39, 0.29) is 19.0 Å². The molecule has 1 aromatic carbocycles. The summed E-state index contributed by atoms with van der Waals surface area (Å²) < 4.78 is 30.8. The van der Waals surface area contributed by atoms with Gasteiger partial charge in [-0.25, -0.2) is 13.2 Å². The van der Waals surface area contributed by atoms with E-state index in [0.717, 1.165) is 53.8 Å². The fourth-order valence-corrected chi connectivity index (χ4v) is 5.03. The first-order valence-corrected chi connectivity index (χ1v) is 12.4. The van der Waals surface area contributed by atoms with Crippen molar-refractivity contribution in [3.8, 4) is 0 Å². The van der Waals surface area contributed by atoms with Gasteiger partial charge in [-0.2, -0.15) is 4.31 Å². The van der Waals surface area contributed by atoms with Gasteiger partial charge >= 0.3 is 12.0 Å². The lowest BCUT2D eigenvalue weighted by atomic mass is 9.96. The van der Waals surface area contributed by atoms with Crippen molar-refractivity contribution in [2.24, 2.45) is 0 Å². The molecule has 3 rings (SSSR count). The van der Waals surface area contributed by atoms with Crippen LogP contribution in [0.25, 0.3) is 0 Å². The van der Waals surface area contributed by atoms with Gasteiger partial charge in [-0.1, -0.05) is 43.5 Å². The maximum atomic E-state index is 12.8. The van der Waals surface area contributed by atoms with Crippen molar-refractivity contribution in [1.29, 1.82) is 0 Å². The van der Waals surface area contributed by atoms with Gasteiger partial charge in [-0.15, -0.1) is 0 Å². The summed E-state index contributed by atoms with van der Waals surface area (Å²) in [5, 5.41) is 4.95. The van der Waals surface area contributed by atoms with Gasteiger partial charge in [0.2, 0.25) is 10.0 Å². The van der Waals surface area contributed by atoms with Crippen LogP contribution in [0.15, 0.2) is 24.3 Å². The zero-order valence-electron chi connectivity index (χ0n) is 17.8. The van der Waals surface area contributed by atoms with E-state index in [1.165, 1.54) is 6.92 Å². The minimum absolute atomic E-state index is 0.0324. The van der Waals surface area contributed by atoms with E-state index in [1.807, 2.05) is 24.3 Å². The second-order valence-electron chi connectivity index (χ2n) is 8.17. The molecule has 1 aliphatic carbocycles. The number of imide groups is 1. The van der Waals surface area contributed by atoms with Crippen LogP contribution in [0.2, 0.25) is 0 Å². The predicted octanol–water partition coefficient (Wildman–Crippen LogP) is 1.46. The summed E-state index contributed by atoms with van der Waals surface area (Å²) in [6.45, 7) is 1.40. The number of ether oxygens (including phenoxy) is 1. The van der Waals surface area contributed by atoms with Crippen LogP contribution in [0.1, 0.15) is 50.2 Å². The van der Waals surface area contributed by atoms with Crippen molar-refractivity contribution in [3.05, 3.63) is 35.4 Å². The highest BCUT2D eigenvalue weighted by Gasteiger charge is 2.39. The molecular weight excluding hydrogens is 422 g/mol. The van der Waals surface area contributed by atoms with Gasteiger partial charge in [0.05, 0.1) is 6.26 Å². The number of nitrogens with one attached hydrogen (secondary N) is 2. The summed E-state index contributed by atoms with van der Waals surface area (Å²) in [5.74, 6) is -1.58. The summed E-state index contributed by atoms with van der Waals surface area (Å²) in [4.78, 5) is 37.1. The first kappa shape index (κ1) is 23.2. The molecule has 31 heavy (non-hydrogen) atoms. The zero-order chi connectivity index (χ0) is 22.6. The molecule has 0 radical (unpaired) electrons. The highest BCUT2D eigenvalue weighted by atomic mass is 32.2. The quantitative estimate of drug-likeness (QED) is 0.654. The maximum absolute atomic E-state index is 12.8. The second kappa shape index (κ2) is 9.78.